The molecule has 9 heteroatoms. The third-order valence-corrected chi connectivity index (χ3v) is 4.30. The first-order chi connectivity index (χ1) is 12.6. The van der Waals surface area contributed by atoms with Gasteiger partial charge < -0.3 is 14.9 Å². The number of benzene rings is 1. The Morgan fingerprint density at radius 1 is 1.46 bits per heavy atom. The fourth-order valence-electron chi connectivity index (χ4n) is 2.23. The van der Waals surface area contributed by atoms with Gasteiger partial charge in [0.25, 0.3) is 5.91 Å². The molecule has 0 radical (unpaired) electrons. The number of anilines is 1. The highest BCUT2D eigenvalue weighted by Gasteiger charge is 2.30. The summed E-state index contributed by atoms with van der Waals surface area (Å²) in [5, 5.41) is 17.2. The van der Waals surface area contributed by atoms with Crippen molar-refractivity contribution in [1.82, 2.24) is 0 Å². The lowest BCUT2D eigenvalue weighted by Crippen LogP contribution is -2.28. The Hall–Kier alpha value is -3.25. The van der Waals surface area contributed by atoms with Crippen LogP contribution in [-0.2, 0) is 19.2 Å². The molecule has 7 nitrogen and oxygen atoms in total. The van der Waals surface area contributed by atoms with Crippen LogP contribution in [0.5, 0.6) is 0 Å². The van der Waals surface area contributed by atoms with E-state index in [0.29, 0.717) is 21.8 Å². The molecule has 26 heavy (non-hydrogen) atoms. The molecule has 2 heterocycles. The predicted molar refractivity (Wildman–Crippen MR) is 91.0 cm³/mol. The molecule has 1 aliphatic heterocycles. The van der Waals surface area contributed by atoms with Gasteiger partial charge in [0.15, 0.2) is 6.61 Å². The summed E-state index contributed by atoms with van der Waals surface area (Å²) in [6.45, 7) is -0.517. The van der Waals surface area contributed by atoms with Crippen LogP contribution in [0.4, 0.5) is 9.39 Å². The molecule has 0 fully saturated rings. The van der Waals surface area contributed by atoms with E-state index in [1.165, 1.54) is 29.5 Å². The first-order valence-corrected chi connectivity index (χ1v) is 8.37. The maximum Gasteiger partial charge on any atom is 0.351 e. The molecule has 1 aromatic heterocycles. The number of carbonyl (C=O) groups is 2. The average molecular weight is 373 g/mol. The van der Waals surface area contributed by atoms with Crippen molar-refractivity contribution in [3.05, 3.63) is 52.7 Å². The summed E-state index contributed by atoms with van der Waals surface area (Å²) < 4.78 is 18.2. The molecule has 0 saturated carbocycles. The Bertz CT molecular complexity index is 919. The summed E-state index contributed by atoms with van der Waals surface area (Å²) in [7, 11) is 0. The van der Waals surface area contributed by atoms with Crippen molar-refractivity contribution in [3.63, 3.8) is 0 Å². The molecule has 1 amide bonds. The largest absolute Gasteiger partial charge is 0.453 e. The maximum absolute atomic E-state index is 13.2. The van der Waals surface area contributed by atoms with Crippen LogP contribution in [0.2, 0.25) is 0 Å². The number of thiophene rings is 1. The second kappa shape index (κ2) is 7.76. The van der Waals surface area contributed by atoms with E-state index in [1.54, 1.807) is 17.5 Å². The zero-order chi connectivity index (χ0) is 18.5. The summed E-state index contributed by atoms with van der Waals surface area (Å²) in [4.78, 5) is 28.8. The van der Waals surface area contributed by atoms with Crippen molar-refractivity contribution in [1.29, 1.82) is 5.26 Å². The van der Waals surface area contributed by atoms with Gasteiger partial charge in [-0.25, -0.2) is 9.18 Å². The Morgan fingerprint density at radius 2 is 2.31 bits per heavy atom. The maximum atomic E-state index is 13.2. The van der Waals surface area contributed by atoms with Gasteiger partial charge in [-0.1, -0.05) is 17.3 Å². The van der Waals surface area contributed by atoms with Gasteiger partial charge in [0.05, 0.1) is 11.3 Å². The summed E-state index contributed by atoms with van der Waals surface area (Å²) in [5.41, 5.74) is 1.27. The highest BCUT2D eigenvalue weighted by Crippen LogP contribution is 2.22. The lowest BCUT2D eigenvalue weighted by atomic mass is 10.1. The number of nitrogens with zero attached hydrogens (tertiary/aromatic N) is 2. The number of hydrogen-bond acceptors (Lipinski definition) is 7. The molecule has 1 unspecified atom stereocenters. The lowest BCUT2D eigenvalue weighted by molar-refractivity contribution is -0.157. The molecule has 1 aromatic carbocycles. The molecule has 1 atom stereocenters. The van der Waals surface area contributed by atoms with Crippen LogP contribution in [0, 0.1) is 17.1 Å². The molecule has 1 aliphatic rings. The highest BCUT2D eigenvalue weighted by atomic mass is 32.1. The van der Waals surface area contributed by atoms with Crippen LogP contribution >= 0.6 is 11.3 Å². The van der Waals surface area contributed by atoms with Gasteiger partial charge in [0.2, 0.25) is 6.10 Å². The highest BCUT2D eigenvalue weighted by molar-refractivity contribution is 7.14. The molecular formula is C17H12FN3O4S. The zero-order valence-electron chi connectivity index (χ0n) is 13.3. The molecular weight excluding hydrogens is 361 g/mol. The molecule has 0 bridgehead atoms. The number of nitrogens with one attached hydrogen (secondary N) is 1. The van der Waals surface area contributed by atoms with Gasteiger partial charge in [-0.3, -0.25) is 4.79 Å². The minimum atomic E-state index is -0.988. The van der Waals surface area contributed by atoms with Gasteiger partial charge in [0.1, 0.15) is 16.9 Å². The summed E-state index contributed by atoms with van der Waals surface area (Å²) in [5.74, 6) is -1.73. The van der Waals surface area contributed by atoms with Gasteiger partial charge in [-0.2, -0.15) is 5.26 Å². The first kappa shape index (κ1) is 17.6. The van der Waals surface area contributed by atoms with Crippen LogP contribution in [0.1, 0.15) is 17.5 Å². The van der Waals surface area contributed by atoms with Gasteiger partial charge in [-0.15, -0.1) is 11.3 Å². The van der Waals surface area contributed by atoms with Crippen LogP contribution in [0.3, 0.4) is 0 Å². The van der Waals surface area contributed by atoms with E-state index in [1.807, 2.05) is 6.07 Å². The van der Waals surface area contributed by atoms with E-state index in [4.69, 9.17) is 14.8 Å². The lowest BCUT2D eigenvalue weighted by Gasteiger charge is -2.09. The Balaban J connectivity index is 1.49. The number of hydrogen-bond donors (Lipinski definition) is 1. The molecule has 0 aliphatic carbocycles. The second-order valence-corrected chi connectivity index (χ2v) is 6.19. The number of nitriles is 1. The molecule has 3 rings (SSSR count). The Kier molecular flexibility index (Phi) is 5.24. The minimum Gasteiger partial charge on any atom is -0.453 e. The Labute approximate surface area is 151 Å². The van der Waals surface area contributed by atoms with Crippen LogP contribution in [0.25, 0.3) is 0 Å². The van der Waals surface area contributed by atoms with Crippen LogP contribution in [0.15, 0.2) is 40.9 Å². The monoisotopic (exact) mass is 373 g/mol. The van der Waals surface area contributed by atoms with Crippen molar-refractivity contribution in [2.45, 2.75) is 12.5 Å². The molecule has 0 saturated heterocycles. The Morgan fingerprint density at radius 3 is 3.08 bits per heavy atom. The molecule has 132 valence electrons. The SMILES string of the molecule is N#Cc1ccsc1NC(=O)COC(=O)C1CC(c2cccc(F)c2)=NO1. The van der Waals surface area contributed by atoms with E-state index < -0.39 is 30.4 Å². The van der Waals surface area contributed by atoms with Crippen LogP contribution in [-0.4, -0.2) is 30.3 Å². The summed E-state index contributed by atoms with van der Waals surface area (Å²) in [6.07, 6.45) is -0.870. The fourth-order valence-corrected chi connectivity index (χ4v) is 2.98. The smallest absolute Gasteiger partial charge is 0.351 e. The van der Waals surface area contributed by atoms with Crippen molar-refractivity contribution >= 4 is 33.9 Å². The standard InChI is InChI=1S/C17H12FN3O4S/c18-12-3-1-2-10(6-12)13-7-14(25-21-13)17(23)24-9-15(22)20-16-11(8-19)4-5-26-16/h1-6,14H,7,9H2,(H,20,22). The number of ether oxygens (including phenoxy) is 1. The first-order valence-electron chi connectivity index (χ1n) is 7.49. The number of amides is 1. The van der Waals surface area contributed by atoms with Crippen molar-refractivity contribution in [2.75, 3.05) is 11.9 Å². The number of rotatable bonds is 5. The van der Waals surface area contributed by atoms with Gasteiger partial charge >= 0.3 is 5.97 Å². The van der Waals surface area contributed by atoms with Gasteiger partial charge in [-0.05, 0) is 23.6 Å². The average Bonchev–Trinajstić information content (AvgIpc) is 3.29. The number of carbonyl (C=O) groups excluding carboxylic acids is 2. The van der Waals surface area contributed by atoms with E-state index in [9.17, 15) is 14.0 Å². The molecule has 1 N–H and O–H groups in total. The predicted octanol–water partition coefficient (Wildman–Crippen LogP) is 2.43. The van der Waals surface area contributed by atoms with E-state index in [2.05, 4.69) is 10.5 Å². The van der Waals surface area contributed by atoms with E-state index >= 15 is 0 Å². The van der Waals surface area contributed by atoms with Crippen molar-refractivity contribution < 1.29 is 23.6 Å². The third-order valence-electron chi connectivity index (χ3n) is 3.47. The van der Waals surface area contributed by atoms with E-state index in [0.717, 1.165) is 0 Å². The fraction of sp³-hybridized carbons (Fsp3) is 0.176. The van der Waals surface area contributed by atoms with Crippen molar-refractivity contribution in [2.24, 2.45) is 5.16 Å². The van der Waals surface area contributed by atoms with Crippen LogP contribution < -0.4 is 5.32 Å². The second-order valence-electron chi connectivity index (χ2n) is 5.28. The van der Waals surface area contributed by atoms with E-state index in [-0.39, 0.29) is 6.42 Å². The molecule has 2 aromatic rings. The normalized spacial score (nSPS) is 15.5. The van der Waals surface area contributed by atoms with Gasteiger partial charge in [0, 0.05) is 12.0 Å². The quantitative estimate of drug-likeness (QED) is 0.811. The summed E-state index contributed by atoms with van der Waals surface area (Å²) in [6, 6.07) is 9.29. The zero-order valence-corrected chi connectivity index (χ0v) is 14.1. The number of esters is 1. The summed E-state index contributed by atoms with van der Waals surface area (Å²) >= 11 is 1.19. The number of oxime groups is 1. The molecule has 0 spiro atoms. The minimum absolute atomic E-state index is 0.118. The third kappa shape index (κ3) is 4.04. The number of halogens is 1. The topological polar surface area (TPSA) is 101 Å². The van der Waals surface area contributed by atoms with Crippen molar-refractivity contribution in [3.8, 4) is 6.07 Å².